The third-order valence-corrected chi connectivity index (χ3v) is 3.42. The Morgan fingerprint density at radius 3 is 2.74 bits per heavy atom. The molecule has 1 aromatic carbocycles. The summed E-state index contributed by atoms with van der Waals surface area (Å²) < 4.78 is 8.65. The van der Waals surface area contributed by atoms with E-state index in [2.05, 4.69) is 20.9 Å². The number of fused-ring (bicyclic) bond motifs is 1. The van der Waals surface area contributed by atoms with E-state index in [9.17, 15) is 0 Å². The maximum Gasteiger partial charge on any atom is 0.180 e. The van der Waals surface area contributed by atoms with Crippen molar-refractivity contribution < 1.29 is 4.74 Å². The van der Waals surface area contributed by atoms with Crippen molar-refractivity contribution in [2.75, 3.05) is 6.61 Å². The minimum absolute atomic E-state index is 0.639. The van der Waals surface area contributed by atoms with E-state index in [1.807, 2.05) is 60.1 Å². The van der Waals surface area contributed by atoms with Crippen LogP contribution in [0, 0.1) is 0 Å². The van der Waals surface area contributed by atoms with Crippen LogP contribution in [0.25, 0.3) is 16.9 Å². The molecule has 0 aliphatic rings. The molecule has 0 aliphatic carbocycles. The standard InChI is InChI=1S/C15H13BrN2O/c1-2-19-14-4-3-9-18-10-13(17-15(14)18)11-5-7-12(16)8-6-11/h3-10H,2H2,1H3. The summed E-state index contributed by atoms with van der Waals surface area (Å²) >= 11 is 3.44. The smallest absolute Gasteiger partial charge is 0.180 e. The average molecular weight is 317 g/mol. The summed E-state index contributed by atoms with van der Waals surface area (Å²) in [5.74, 6) is 0.813. The summed E-state index contributed by atoms with van der Waals surface area (Å²) in [6, 6.07) is 12.0. The molecule has 0 N–H and O–H groups in total. The van der Waals surface area contributed by atoms with Gasteiger partial charge in [-0.25, -0.2) is 4.98 Å². The zero-order valence-electron chi connectivity index (χ0n) is 10.5. The molecule has 2 heterocycles. The van der Waals surface area contributed by atoms with Gasteiger partial charge in [0.15, 0.2) is 11.4 Å². The Balaban J connectivity index is 2.11. The molecule has 0 fully saturated rings. The molecule has 96 valence electrons. The molecule has 3 nitrogen and oxygen atoms in total. The minimum atomic E-state index is 0.639. The van der Waals surface area contributed by atoms with Gasteiger partial charge >= 0.3 is 0 Å². The number of nitrogens with zero attached hydrogens (tertiary/aromatic N) is 2. The zero-order valence-corrected chi connectivity index (χ0v) is 12.1. The van der Waals surface area contributed by atoms with Gasteiger partial charge < -0.3 is 9.14 Å². The number of imidazole rings is 1. The highest BCUT2D eigenvalue weighted by Gasteiger charge is 2.08. The fourth-order valence-electron chi connectivity index (χ4n) is 2.02. The highest BCUT2D eigenvalue weighted by atomic mass is 79.9. The van der Waals surface area contributed by atoms with Crippen LogP contribution in [0.2, 0.25) is 0 Å². The van der Waals surface area contributed by atoms with Crippen LogP contribution >= 0.6 is 15.9 Å². The predicted octanol–water partition coefficient (Wildman–Crippen LogP) is 4.16. The van der Waals surface area contributed by atoms with Crippen molar-refractivity contribution in [3.05, 3.63) is 53.3 Å². The molecule has 4 heteroatoms. The second kappa shape index (κ2) is 5.05. The van der Waals surface area contributed by atoms with Gasteiger partial charge in [0.2, 0.25) is 0 Å². The largest absolute Gasteiger partial charge is 0.490 e. The second-order valence-corrected chi connectivity index (χ2v) is 5.09. The van der Waals surface area contributed by atoms with E-state index in [-0.39, 0.29) is 0 Å². The van der Waals surface area contributed by atoms with E-state index in [4.69, 9.17) is 4.74 Å². The van der Waals surface area contributed by atoms with Crippen molar-refractivity contribution in [1.82, 2.24) is 9.38 Å². The lowest BCUT2D eigenvalue weighted by atomic mass is 10.2. The topological polar surface area (TPSA) is 26.5 Å². The first-order chi connectivity index (χ1) is 9.28. The van der Waals surface area contributed by atoms with Crippen LogP contribution in [-0.4, -0.2) is 16.0 Å². The molecular weight excluding hydrogens is 304 g/mol. The summed E-state index contributed by atoms with van der Waals surface area (Å²) in [5, 5.41) is 0. The number of rotatable bonds is 3. The average Bonchev–Trinajstić information content (AvgIpc) is 2.85. The van der Waals surface area contributed by atoms with Gasteiger partial charge in [-0.2, -0.15) is 0 Å². The number of benzene rings is 1. The number of ether oxygens (including phenoxy) is 1. The van der Waals surface area contributed by atoms with Crippen molar-refractivity contribution in [3.8, 4) is 17.0 Å². The first kappa shape index (κ1) is 12.2. The van der Waals surface area contributed by atoms with Crippen molar-refractivity contribution in [3.63, 3.8) is 0 Å². The number of aromatic nitrogens is 2. The van der Waals surface area contributed by atoms with Crippen LogP contribution in [0.5, 0.6) is 5.75 Å². The second-order valence-electron chi connectivity index (χ2n) is 4.17. The Bertz CT molecular complexity index is 704. The summed E-state index contributed by atoms with van der Waals surface area (Å²) in [7, 11) is 0. The third kappa shape index (κ3) is 2.36. The van der Waals surface area contributed by atoms with E-state index in [1.165, 1.54) is 0 Å². The Morgan fingerprint density at radius 2 is 2.00 bits per heavy atom. The lowest BCUT2D eigenvalue weighted by molar-refractivity contribution is 0.342. The highest BCUT2D eigenvalue weighted by molar-refractivity contribution is 9.10. The van der Waals surface area contributed by atoms with E-state index < -0.39 is 0 Å². The number of pyridine rings is 1. The number of hydrogen-bond donors (Lipinski definition) is 0. The lowest BCUT2D eigenvalue weighted by Crippen LogP contribution is -1.94. The molecule has 0 unspecified atom stereocenters. The number of hydrogen-bond acceptors (Lipinski definition) is 2. The minimum Gasteiger partial charge on any atom is -0.490 e. The normalized spacial score (nSPS) is 10.8. The Morgan fingerprint density at radius 1 is 1.21 bits per heavy atom. The van der Waals surface area contributed by atoms with Crippen LogP contribution in [0.15, 0.2) is 53.3 Å². The van der Waals surface area contributed by atoms with Crippen LogP contribution in [0.3, 0.4) is 0 Å². The molecule has 19 heavy (non-hydrogen) atoms. The van der Waals surface area contributed by atoms with Gasteiger partial charge in [0.05, 0.1) is 12.3 Å². The first-order valence-corrected chi connectivity index (χ1v) is 6.93. The molecule has 0 aliphatic heterocycles. The molecular formula is C15H13BrN2O. The maximum atomic E-state index is 5.60. The van der Waals surface area contributed by atoms with Gasteiger partial charge in [0.25, 0.3) is 0 Å². The van der Waals surface area contributed by atoms with Crippen molar-refractivity contribution in [2.45, 2.75) is 6.92 Å². The lowest BCUT2D eigenvalue weighted by Gasteiger charge is -2.03. The van der Waals surface area contributed by atoms with Gasteiger partial charge in [0.1, 0.15) is 0 Å². The Labute approximate surface area is 120 Å². The van der Waals surface area contributed by atoms with Crippen molar-refractivity contribution in [1.29, 1.82) is 0 Å². The quantitative estimate of drug-likeness (QED) is 0.725. The van der Waals surface area contributed by atoms with Gasteiger partial charge in [-0.1, -0.05) is 28.1 Å². The van der Waals surface area contributed by atoms with Gasteiger partial charge in [-0.15, -0.1) is 0 Å². The molecule has 0 radical (unpaired) electrons. The maximum absolute atomic E-state index is 5.60. The molecule has 0 saturated heterocycles. The monoisotopic (exact) mass is 316 g/mol. The van der Waals surface area contributed by atoms with Crippen molar-refractivity contribution in [2.24, 2.45) is 0 Å². The predicted molar refractivity (Wildman–Crippen MR) is 79.5 cm³/mol. The van der Waals surface area contributed by atoms with E-state index in [0.29, 0.717) is 6.61 Å². The third-order valence-electron chi connectivity index (χ3n) is 2.89. The van der Waals surface area contributed by atoms with Gasteiger partial charge in [-0.05, 0) is 31.2 Å². The van der Waals surface area contributed by atoms with E-state index >= 15 is 0 Å². The molecule has 0 atom stereocenters. The summed E-state index contributed by atoms with van der Waals surface area (Å²) in [6.07, 6.45) is 3.99. The molecule has 3 aromatic rings. The fourth-order valence-corrected chi connectivity index (χ4v) is 2.28. The Hall–Kier alpha value is -1.81. The SMILES string of the molecule is CCOc1cccn2cc(-c3ccc(Br)cc3)nc12. The van der Waals surface area contributed by atoms with Crippen LogP contribution in [0.1, 0.15) is 6.92 Å². The summed E-state index contributed by atoms with van der Waals surface area (Å²) in [5.41, 5.74) is 2.89. The molecule has 0 saturated carbocycles. The van der Waals surface area contributed by atoms with Crippen molar-refractivity contribution >= 4 is 21.6 Å². The highest BCUT2D eigenvalue weighted by Crippen LogP contribution is 2.25. The number of halogens is 1. The molecule has 2 aromatic heterocycles. The zero-order chi connectivity index (χ0) is 13.2. The summed E-state index contributed by atoms with van der Waals surface area (Å²) in [6.45, 7) is 2.61. The van der Waals surface area contributed by atoms with Gasteiger partial charge in [-0.3, -0.25) is 0 Å². The first-order valence-electron chi connectivity index (χ1n) is 6.14. The van der Waals surface area contributed by atoms with Crippen LogP contribution in [0.4, 0.5) is 0 Å². The van der Waals surface area contributed by atoms with E-state index in [0.717, 1.165) is 27.1 Å². The summed E-state index contributed by atoms with van der Waals surface area (Å²) in [4.78, 5) is 4.65. The molecule has 0 bridgehead atoms. The van der Waals surface area contributed by atoms with Gasteiger partial charge in [0, 0.05) is 22.4 Å². The van der Waals surface area contributed by atoms with E-state index in [1.54, 1.807) is 0 Å². The Kier molecular flexibility index (Phi) is 3.25. The molecule has 3 rings (SSSR count). The molecule has 0 amide bonds. The molecule has 0 spiro atoms. The fraction of sp³-hybridized carbons (Fsp3) is 0.133. The van der Waals surface area contributed by atoms with Crippen LogP contribution < -0.4 is 4.74 Å². The van der Waals surface area contributed by atoms with Crippen LogP contribution in [-0.2, 0) is 0 Å².